The lowest BCUT2D eigenvalue weighted by Gasteiger charge is -2.12. The second kappa shape index (κ2) is 6.35. The molecule has 104 valence electrons. The topological polar surface area (TPSA) is 43.4 Å². The Balaban J connectivity index is 1.90. The van der Waals surface area contributed by atoms with Gasteiger partial charge in [-0.1, -0.05) is 29.3 Å². The first-order chi connectivity index (χ1) is 9.08. The zero-order valence-corrected chi connectivity index (χ0v) is 12.1. The molecule has 0 amide bonds. The average Bonchev–Trinajstić information content (AvgIpc) is 2.40. The fraction of sp³-hybridized carbons (Fsp3) is 0.467. The van der Waals surface area contributed by atoms with Crippen molar-refractivity contribution >= 4 is 10.1 Å². The van der Waals surface area contributed by atoms with E-state index in [1.54, 1.807) is 24.3 Å². The molecule has 0 fully saturated rings. The Morgan fingerprint density at radius 3 is 2.53 bits per heavy atom. The minimum atomic E-state index is -3.61. The van der Waals surface area contributed by atoms with Crippen LogP contribution in [0.3, 0.4) is 0 Å². The second-order valence-electron chi connectivity index (χ2n) is 4.95. The normalized spacial score (nSPS) is 16.2. The summed E-state index contributed by atoms with van der Waals surface area (Å²) in [6, 6.07) is 6.73. The van der Waals surface area contributed by atoms with Crippen molar-refractivity contribution in [1.82, 2.24) is 0 Å². The van der Waals surface area contributed by atoms with Gasteiger partial charge in [-0.3, -0.25) is 4.18 Å². The van der Waals surface area contributed by atoms with Gasteiger partial charge in [-0.05, 0) is 51.2 Å². The van der Waals surface area contributed by atoms with Crippen LogP contribution in [0.1, 0.15) is 37.7 Å². The van der Waals surface area contributed by atoms with Crippen molar-refractivity contribution in [3.05, 3.63) is 41.5 Å². The fourth-order valence-electron chi connectivity index (χ4n) is 2.19. The van der Waals surface area contributed by atoms with E-state index in [1.165, 1.54) is 18.4 Å². The molecule has 3 nitrogen and oxygen atoms in total. The molecule has 1 aromatic rings. The van der Waals surface area contributed by atoms with E-state index < -0.39 is 10.1 Å². The van der Waals surface area contributed by atoms with Gasteiger partial charge in [-0.15, -0.1) is 0 Å². The van der Waals surface area contributed by atoms with Crippen LogP contribution in [0, 0.1) is 6.92 Å². The van der Waals surface area contributed by atoms with E-state index in [-0.39, 0.29) is 11.5 Å². The highest BCUT2D eigenvalue weighted by Crippen LogP contribution is 2.21. The smallest absolute Gasteiger partial charge is 0.266 e. The molecule has 0 heterocycles. The molecule has 2 rings (SSSR count). The molecule has 1 aliphatic rings. The van der Waals surface area contributed by atoms with Gasteiger partial charge in [-0.25, -0.2) is 0 Å². The molecule has 0 bridgehead atoms. The summed E-state index contributed by atoms with van der Waals surface area (Å²) in [6.07, 6.45) is 7.56. The van der Waals surface area contributed by atoms with Crippen LogP contribution in [0.25, 0.3) is 0 Å². The van der Waals surface area contributed by atoms with Crippen molar-refractivity contribution in [1.29, 1.82) is 0 Å². The Labute approximate surface area is 115 Å². The van der Waals surface area contributed by atoms with Gasteiger partial charge in [0.05, 0.1) is 11.5 Å². The summed E-state index contributed by atoms with van der Waals surface area (Å²) < 4.78 is 29.0. The predicted molar refractivity (Wildman–Crippen MR) is 75.5 cm³/mol. The first kappa shape index (κ1) is 14.3. The monoisotopic (exact) mass is 280 g/mol. The highest BCUT2D eigenvalue weighted by molar-refractivity contribution is 7.86. The Bertz CT molecular complexity index is 541. The Morgan fingerprint density at radius 1 is 1.16 bits per heavy atom. The van der Waals surface area contributed by atoms with Gasteiger partial charge in [-0.2, -0.15) is 8.42 Å². The number of hydrogen-bond donors (Lipinski definition) is 0. The Kier molecular flexibility index (Phi) is 4.77. The number of aryl methyl sites for hydroxylation is 1. The molecule has 0 spiro atoms. The summed E-state index contributed by atoms with van der Waals surface area (Å²) in [6.45, 7) is 2.16. The van der Waals surface area contributed by atoms with E-state index in [0.29, 0.717) is 6.42 Å². The van der Waals surface area contributed by atoms with Crippen molar-refractivity contribution in [2.24, 2.45) is 0 Å². The van der Waals surface area contributed by atoms with Crippen LogP contribution < -0.4 is 0 Å². The molecule has 0 N–H and O–H groups in total. The number of benzene rings is 1. The average molecular weight is 280 g/mol. The lowest BCUT2D eigenvalue weighted by Crippen LogP contribution is -2.08. The lowest BCUT2D eigenvalue weighted by molar-refractivity contribution is 0.319. The quantitative estimate of drug-likeness (QED) is 0.611. The molecule has 19 heavy (non-hydrogen) atoms. The Morgan fingerprint density at radius 2 is 1.89 bits per heavy atom. The van der Waals surface area contributed by atoms with Gasteiger partial charge in [0.1, 0.15) is 0 Å². The van der Waals surface area contributed by atoms with Crippen LogP contribution in [0.15, 0.2) is 40.8 Å². The largest absolute Gasteiger partial charge is 0.296 e. The molecule has 0 saturated heterocycles. The lowest BCUT2D eigenvalue weighted by atomic mass is 9.98. The molecule has 1 aliphatic carbocycles. The van der Waals surface area contributed by atoms with E-state index in [9.17, 15) is 8.42 Å². The van der Waals surface area contributed by atoms with E-state index in [1.807, 2.05) is 6.92 Å². The van der Waals surface area contributed by atoms with Gasteiger partial charge in [0.2, 0.25) is 0 Å². The van der Waals surface area contributed by atoms with Crippen LogP contribution in [-0.2, 0) is 14.3 Å². The number of allylic oxidation sites excluding steroid dienone is 1. The predicted octanol–water partition coefficient (Wildman–Crippen LogP) is 3.59. The summed E-state index contributed by atoms with van der Waals surface area (Å²) in [5.74, 6) is 0. The first-order valence-electron chi connectivity index (χ1n) is 6.72. The molecule has 0 saturated carbocycles. The first-order valence-corrected chi connectivity index (χ1v) is 8.13. The summed E-state index contributed by atoms with van der Waals surface area (Å²) in [4.78, 5) is 0.232. The van der Waals surface area contributed by atoms with Crippen molar-refractivity contribution in [3.8, 4) is 0 Å². The maximum absolute atomic E-state index is 11.9. The number of rotatable bonds is 5. The molecule has 1 aromatic carbocycles. The molecule has 0 unspecified atom stereocenters. The fourth-order valence-corrected chi connectivity index (χ4v) is 3.10. The third kappa shape index (κ3) is 4.18. The van der Waals surface area contributed by atoms with Gasteiger partial charge in [0.15, 0.2) is 0 Å². The highest BCUT2D eigenvalue weighted by atomic mass is 32.2. The summed E-state index contributed by atoms with van der Waals surface area (Å²) in [5, 5.41) is 0. The van der Waals surface area contributed by atoms with Gasteiger partial charge in [0.25, 0.3) is 10.1 Å². The van der Waals surface area contributed by atoms with Crippen molar-refractivity contribution in [2.45, 2.75) is 43.9 Å². The third-order valence-electron chi connectivity index (χ3n) is 3.36. The molecular weight excluding hydrogens is 260 g/mol. The highest BCUT2D eigenvalue weighted by Gasteiger charge is 2.15. The van der Waals surface area contributed by atoms with Gasteiger partial charge in [0, 0.05) is 0 Å². The molecule has 0 atom stereocenters. The third-order valence-corrected chi connectivity index (χ3v) is 4.68. The second-order valence-corrected chi connectivity index (χ2v) is 6.56. The molecule has 0 radical (unpaired) electrons. The molecule has 0 aromatic heterocycles. The van der Waals surface area contributed by atoms with E-state index >= 15 is 0 Å². The summed E-state index contributed by atoms with van der Waals surface area (Å²) in [5.41, 5.74) is 2.36. The van der Waals surface area contributed by atoms with Crippen molar-refractivity contribution in [3.63, 3.8) is 0 Å². The van der Waals surface area contributed by atoms with Crippen molar-refractivity contribution < 1.29 is 12.6 Å². The van der Waals surface area contributed by atoms with E-state index in [4.69, 9.17) is 4.18 Å². The standard InChI is InChI=1S/C15H20O3S/c1-13-7-9-15(10-8-13)19(16,17)18-12-11-14-5-3-2-4-6-14/h5,7-10H,2-4,6,11-12H2,1H3. The van der Waals surface area contributed by atoms with Crippen molar-refractivity contribution in [2.75, 3.05) is 6.61 Å². The molecule has 0 aliphatic heterocycles. The van der Waals surface area contributed by atoms with Gasteiger partial charge >= 0.3 is 0 Å². The van der Waals surface area contributed by atoms with Crippen LogP contribution in [0.4, 0.5) is 0 Å². The van der Waals surface area contributed by atoms with Crippen LogP contribution >= 0.6 is 0 Å². The minimum absolute atomic E-state index is 0.232. The zero-order valence-electron chi connectivity index (χ0n) is 11.3. The molecule has 4 heteroatoms. The Hall–Kier alpha value is -1.13. The maximum Gasteiger partial charge on any atom is 0.296 e. The van der Waals surface area contributed by atoms with E-state index in [2.05, 4.69) is 6.08 Å². The van der Waals surface area contributed by atoms with Crippen LogP contribution in [-0.4, -0.2) is 15.0 Å². The SMILES string of the molecule is Cc1ccc(S(=O)(=O)OCCC2=CCCCC2)cc1. The van der Waals surface area contributed by atoms with Crippen LogP contribution in [0.5, 0.6) is 0 Å². The summed E-state index contributed by atoms with van der Waals surface area (Å²) >= 11 is 0. The summed E-state index contributed by atoms with van der Waals surface area (Å²) in [7, 11) is -3.61. The van der Waals surface area contributed by atoms with Crippen LogP contribution in [0.2, 0.25) is 0 Å². The van der Waals surface area contributed by atoms with Gasteiger partial charge < -0.3 is 0 Å². The molecular formula is C15H20O3S. The number of hydrogen-bond acceptors (Lipinski definition) is 3. The minimum Gasteiger partial charge on any atom is -0.266 e. The maximum atomic E-state index is 11.9. The van der Waals surface area contributed by atoms with E-state index in [0.717, 1.165) is 18.4 Å². The zero-order chi connectivity index (χ0) is 13.7.